The Balaban J connectivity index is 2.20. The van der Waals surface area contributed by atoms with E-state index in [4.69, 9.17) is 9.47 Å². The molecule has 1 aliphatic rings. The molecule has 0 aromatic carbocycles. The molecule has 0 saturated heterocycles. The highest BCUT2D eigenvalue weighted by Crippen LogP contribution is 2.40. The van der Waals surface area contributed by atoms with Crippen LogP contribution in [0.3, 0.4) is 0 Å². The average molecular weight is 339 g/mol. The Morgan fingerprint density at radius 3 is 2.78 bits per heavy atom. The normalized spacial score (nSPS) is 16.6. The number of unbranched alkanes of at least 4 members (excludes halogenated alkanes) is 1. The topological polar surface area (TPSA) is 64.6 Å². The number of hydrogen-bond acceptors (Lipinski definition) is 5. The molecule has 0 aliphatic heterocycles. The van der Waals surface area contributed by atoms with Crippen LogP contribution < -0.4 is 5.32 Å². The maximum Gasteiger partial charge on any atom is 0.412 e. The fraction of sp³-hybridized carbons (Fsp3) is 0.647. The second-order valence-corrected chi connectivity index (χ2v) is 7.00. The van der Waals surface area contributed by atoms with E-state index in [0.29, 0.717) is 29.7 Å². The highest BCUT2D eigenvalue weighted by Gasteiger charge is 2.29. The van der Waals surface area contributed by atoms with Gasteiger partial charge in [0.2, 0.25) is 0 Å². The predicted octanol–water partition coefficient (Wildman–Crippen LogP) is 4.40. The van der Waals surface area contributed by atoms with E-state index in [9.17, 15) is 9.59 Å². The van der Waals surface area contributed by atoms with Gasteiger partial charge in [0.05, 0.1) is 18.8 Å². The van der Waals surface area contributed by atoms with Crippen molar-refractivity contribution >= 4 is 28.4 Å². The Labute approximate surface area is 141 Å². The zero-order valence-corrected chi connectivity index (χ0v) is 14.9. The molecule has 0 radical (unpaired) electrons. The van der Waals surface area contributed by atoms with E-state index in [1.807, 2.05) is 6.92 Å². The average Bonchev–Trinajstić information content (AvgIpc) is 2.84. The fourth-order valence-electron chi connectivity index (χ4n) is 2.70. The highest BCUT2D eigenvalue weighted by atomic mass is 32.1. The molecule has 1 aromatic rings. The zero-order valence-electron chi connectivity index (χ0n) is 14.1. The standard InChI is InChI=1S/C17H25NO4S/c1-4-6-9-22-17(20)18-15-14(16(19)21-5-2)12-8-7-11(3)10-13(12)23-15/h11H,4-10H2,1-3H3,(H,18,20). The molecular formula is C17H25NO4S. The van der Waals surface area contributed by atoms with Gasteiger partial charge < -0.3 is 9.47 Å². The second kappa shape index (κ2) is 8.34. The van der Waals surface area contributed by atoms with Gasteiger partial charge in [-0.2, -0.15) is 0 Å². The maximum atomic E-state index is 12.3. The summed E-state index contributed by atoms with van der Waals surface area (Å²) in [7, 11) is 0. The minimum Gasteiger partial charge on any atom is -0.462 e. The van der Waals surface area contributed by atoms with Gasteiger partial charge in [0.1, 0.15) is 5.00 Å². The lowest BCUT2D eigenvalue weighted by Crippen LogP contribution is -2.17. The molecule has 128 valence electrons. The molecule has 1 heterocycles. The molecule has 2 rings (SSSR count). The molecule has 1 aromatic heterocycles. The van der Waals surface area contributed by atoms with Crippen LogP contribution in [-0.2, 0) is 22.3 Å². The number of amides is 1. The third-order valence-electron chi connectivity index (χ3n) is 3.94. The first-order valence-electron chi connectivity index (χ1n) is 8.32. The van der Waals surface area contributed by atoms with Gasteiger partial charge in [-0.15, -0.1) is 11.3 Å². The number of fused-ring (bicyclic) bond motifs is 1. The predicted molar refractivity (Wildman–Crippen MR) is 91.3 cm³/mol. The fourth-order valence-corrected chi connectivity index (χ4v) is 4.08. The van der Waals surface area contributed by atoms with E-state index in [1.165, 1.54) is 16.2 Å². The van der Waals surface area contributed by atoms with E-state index < -0.39 is 6.09 Å². The Morgan fingerprint density at radius 2 is 2.09 bits per heavy atom. The van der Waals surface area contributed by atoms with Crippen LogP contribution in [0.15, 0.2) is 0 Å². The molecule has 1 amide bonds. The van der Waals surface area contributed by atoms with Crippen LogP contribution in [0.4, 0.5) is 9.80 Å². The molecule has 1 atom stereocenters. The largest absolute Gasteiger partial charge is 0.462 e. The minimum atomic E-state index is -0.504. The number of rotatable bonds is 6. The Bertz CT molecular complexity index is 567. The zero-order chi connectivity index (χ0) is 16.8. The summed E-state index contributed by atoms with van der Waals surface area (Å²) in [5.74, 6) is 0.240. The van der Waals surface area contributed by atoms with Gasteiger partial charge in [0.25, 0.3) is 0 Å². The van der Waals surface area contributed by atoms with Gasteiger partial charge in [-0.3, -0.25) is 5.32 Å². The molecule has 1 aliphatic carbocycles. The van der Waals surface area contributed by atoms with Crippen LogP contribution in [-0.4, -0.2) is 25.3 Å². The van der Waals surface area contributed by atoms with E-state index in [0.717, 1.165) is 37.7 Å². The first-order chi connectivity index (χ1) is 11.1. The second-order valence-electron chi connectivity index (χ2n) is 5.89. The van der Waals surface area contributed by atoms with Crippen molar-refractivity contribution in [2.75, 3.05) is 18.5 Å². The quantitative estimate of drug-likeness (QED) is 0.616. The van der Waals surface area contributed by atoms with Gasteiger partial charge >= 0.3 is 12.1 Å². The summed E-state index contributed by atoms with van der Waals surface area (Å²) in [6, 6.07) is 0. The Kier molecular flexibility index (Phi) is 6.45. The van der Waals surface area contributed by atoms with E-state index in [1.54, 1.807) is 6.92 Å². The summed E-state index contributed by atoms with van der Waals surface area (Å²) in [6.45, 7) is 6.73. The maximum absolute atomic E-state index is 12.3. The van der Waals surface area contributed by atoms with Crippen molar-refractivity contribution in [3.8, 4) is 0 Å². The lowest BCUT2D eigenvalue weighted by atomic mass is 9.88. The number of esters is 1. The first kappa shape index (κ1) is 17.8. The molecule has 5 nitrogen and oxygen atoms in total. The monoisotopic (exact) mass is 339 g/mol. The lowest BCUT2D eigenvalue weighted by Gasteiger charge is -2.18. The molecule has 1 N–H and O–H groups in total. The smallest absolute Gasteiger partial charge is 0.412 e. The third-order valence-corrected chi connectivity index (χ3v) is 5.11. The summed E-state index contributed by atoms with van der Waals surface area (Å²) < 4.78 is 10.3. The Morgan fingerprint density at radius 1 is 1.30 bits per heavy atom. The van der Waals surface area contributed by atoms with Gasteiger partial charge in [-0.05, 0) is 44.1 Å². The number of carbonyl (C=O) groups excluding carboxylic acids is 2. The lowest BCUT2D eigenvalue weighted by molar-refractivity contribution is 0.0526. The molecule has 0 bridgehead atoms. The van der Waals surface area contributed by atoms with E-state index in [2.05, 4.69) is 12.2 Å². The third kappa shape index (κ3) is 4.47. The molecule has 1 unspecified atom stereocenters. The van der Waals surface area contributed by atoms with Crippen molar-refractivity contribution in [1.82, 2.24) is 0 Å². The van der Waals surface area contributed by atoms with Crippen molar-refractivity contribution in [2.45, 2.75) is 52.9 Å². The van der Waals surface area contributed by atoms with Crippen molar-refractivity contribution in [2.24, 2.45) is 5.92 Å². The van der Waals surface area contributed by atoms with Crippen LogP contribution in [0.5, 0.6) is 0 Å². The van der Waals surface area contributed by atoms with Crippen molar-refractivity contribution in [3.63, 3.8) is 0 Å². The number of ether oxygens (including phenoxy) is 2. The summed E-state index contributed by atoms with van der Waals surface area (Å²) in [5.41, 5.74) is 1.56. The molecule has 6 heteroatoms. The first-order valence-corrected chi connectivity index (χ1v) is 9.13. The summed E-state index contributed by atoms with van der Waals surface area (Å²) >= 11 is 1.47. The molecule has 0 fully saturated rings. The van der Waals surface area contributed by atoms with E-state index >= 15 is 0 Å². The van der Waals surface area contributed by atoms with Crippen LogP contribution in [0.1, 0.15) is 60.8 Å². The number of nitrogens with one attached hydrogen (secondary N) is 1. The van der Waals surface area contributed by atoms with E-state index in [-0.39, 0.29) is 5.97 Å². The van der Waals surface area contributed by atoms with Crippen molar-refractivity contribution in [3.05, 3.63) is 16.0 Å². The van der Waals surface area contributed by atoms with Crippen LogP contribution in [0, 0.1) is 5.92 Å². The molecular weight excluding hydrogens is 314 g/mol. The van der Waals surface area contributed by atoms with Crippen LogP contribution in [0.25, 0.3) is 0 Å². The summed E-state index contributed by atoms with van der Waals surface area (Å²) in [4.78, 5) is 25.4. The van der Waals surface area contributed by atoms with Crippen LogP contribution in [0.2, 0.25) is 0 Å². The minimum absolute atomic E-state index is 0.320. The summed E-state index contributed by atoms with van der Waals surface area (Å²) in [6.07, 6.45) is 4.14. The molecule has 0 spiro atoms. The number of anilines is 1. The van der Waals surface area contributed by atoms with Gasteiger partial charge in [0.15, 0.2) is 0 Å². The van der Waals surface area contributed by atoms with Crippen LogP contribution >= 0.6 is 11.3 Å². The molecule has 0 saturated carbocycles. The highest BCUT2D eigenvalue weighted by molar-refractivity contribution is 7.17. The number of hydrogen-bond donors (Lipinski definition) is 1. The van der Waals surface area contributed by atoms with Gasteiger partial charge in [-0.25, -0.2) is 9.59 Å². The number of thiophene rings is 1. The summed E-state index contributed by atoms with van der Waals surface area (Å²) in [5, 5.41) is 3.30. The Hall–Kier alpha value is -1.56. The molecule has 23 heavy (non-hydrogen) atoms. The van der Waals surface area contributed by atoms with Gasteiger partial charge in [-0.1, -0.05) is 20.3 Å². The SMILES string of the molecule is CCCCOC(=O)Nc1sc2c(c1C(=O)OCC)CCC(C)C2. The van der Waals surface area contributed by atoms with Gasteiger partial charge in [0, 0.05) is 4.88 Å². The number of carbonyl (C=O) groups is 2. The van der Waals surface area contributed by atoms with Crippen molar-refractivity contribution in [1.29, 1.82) is 0 Å². The van der Waals surface area contributed by atoms with Crippen molar-refractivity contribution < 1.29 is 19.1 Å².